The molecule has 1 aromatic carbocycles. The molecule has 0 saturated carbocycles. The molecule has 0 aliphatic rings. The van der Waals surface area contributed by atoms with Gasteiger partial charge in [-0.25, -0.2) is 8.42 Å². The lowest BCUT2D eigenvalue weighted by atomic mass is 10.1. The van der Waals surface area contributed by atoms with Crippen LogP contribution in [0.3, 0.4) is 0 Å². The molecule has 0 saturated heterocycles. The lowest BCUT2D eigenvalue weighted by molar-refractivity contribution is 0.600. The number of nitrogens with two attached hydrogens (primary N) is 1. The summed E-state index contributed by atoms with van der Waals surface area (Å²) in [6.45, 7) is 1.93. The molecular formula is C13H14ClN3O2S. The van der Waals surface area contributed by atoms with Gasteiger partial charge in [-0.1, -0.05) is 11.6 Å². The number of benzene rings is 1. The second kappa shape index (κ2) is 5.78. The van der Waals surface area contributed by atoms with Crippen LogP contribution < -0.4 is 10.5 Å². The zero-order valence-electron chi connectivity index (χ0n) is 10.8. The molecule has 7 heteroatoms. The molecule has 3 N–H and O–H groups in total. The van der Waals surface area contributed by atoms with Crippen LogP contribution in [0, 0.1) is 6.92 Å². The van der Waals surface area contributed by atoms with Crippen molar-refractivity contribution in [1.29, 1.82) is 0 Å². The number of sulfonamides is 1. The average Bonchev–Trinajstić information content (AvgIpc) is 2.41. The van der Waals surface area contributed by atoms with Crippen molar-refractivity contribution in [2.75, 3.05) is 4.72 Å². The second-order valence-electron chi connectivity index (χ2n) is 4.24. The fraction of sp³-hybridized carbons (Fsp3) is 0.154. The van der Waals surface area contributed by atoms with E-state index in [1.807, 2.05) is 0 Å². The van der Waals surface area contributed by atoms with E-state index in [9.17, 15) is 8.42 Å². The highest BCUT2D eigenvalue weighted by atomic mass is 35.5. The molecule has 0 unspecified atom stereocenters. The maximum atomic E-state index is 12.4. The normalized spacial score (nSPS) is 11.3. The van der Waals surface area contributed by atoms with Gasteiger partial charge >= 0.3 is 0 Å². The van der Waals surface area contributed by atoms with Gasteiger partial charge in [0, 0.05) is 17.8 Å². The minimum atomic E-state index is -3.73. The summed E-state index contributed by atoms with van der Waals surface area (Å²) in [7, 11) is -3.73. The Bertz CT molecular complexity index is 718. The molecule has 0 radical (unpaired) electrons. The van der Waals surface area contributed by atoms with E-state index in [2.05, 4.69) is 9.71 Å². The molecule has 1 heterocycles. The Kier molecular flexibility index (Phi) is 4.27. The molecular weight excluding hydrogens is 298 g/mol. The van der Waals surface area contributed by atoms with Crippen LogP contribution in [0.1, 0.15) is 11.1 Å². The first-order valence-electron chi connectivity index (χ1n) is 5.86. The molecule has 0 bridgehead atoms. The Morgan fingerprint density at radius 2 is 2.15 bits per heavy atom. The molecule has 0 aliphatic heterocycles. The zero-order chi connectivity index (χ0) is 14.8. The highest BCUT2D eigenvalue weighted by Crippen LogP contribution is 2.25. The van der Waals surface area contributed by atoms with Crippen LogP contribution in [0.2, 0.25) is 5.02 Å². The minimum Gasteiger partial charge on any atom is -0.326 e. The molecule has 2 aromatic rings. The summed E-state index contributed by atoms with van der Waals surface area (Å²) in [5.41, 5.74) is 7.28. The predicted octanol–water partition coefficient (Wildman–Crippen LogP) is 2.30. The maximum Gasteiger partial charge on any atom is 0.262 e. The summed E-state index contributed by atoms with van der Waals surface area (Å²) in [5.74, 6) is 0. The lowest BCUT2D eigenvalue weighted by Crippen LogP contribution is -2.16. The zero-order valence-corrected chi connectivity index (χ0v) is 12.4. The lowest BCUT2D eigenvalue weighted by Gasteiger charge is -2.13. The van der Waals surface area contributed by atoms with Crippen molar-refractivity contribution >= 4 is 27.3 Å². The van der Waals surface area contributed by atoms with Crippen LogP contribution in [0.15, 0.2) is 41.6 Å². The van der Waals surface area contributed by atoms with Crippen molar-refractivity contribution in [3.63, 3.8) is 0 Å². The molecule has 20 heavy (non-hydrogen) atoms. The van der Waals surface area contributed by atoms with Gasteiger partial charge in [0.25, 0.3) is 10.0 Å². The average molecular weight is 312 g/mol. The van der Waals surface area contributed by atoms with E-state index in [4.69, 9.17) is 17.3 Å². The van der Waals surface area contributed by atoms with Crippen LogP contribution in [0.25, 0.3) is 0 Å². The molecule has 1 aromatic heterocycles. The Hall–Kier alpha value is -1.63. The van der Waals surface area contributed by atoms with E-state index >= 15 is 0 Å². The van der Waals surface area contributed by atoms with Gasteiger partial charge in [0.05, 0.1) is 16.8 Å². The van der Waals surface area contributed by atoms with Gasteiger partial charge in [-0.3, -0.25) is 9.71 Å². The standard InChI is InChI=1S/C13H14ClN3O2S/c1-9-10(7-15)5-11(14)6-13(9)20(18,19)17-12-3-2-4-16-8-12/h2-6,8,17H,7,15H2,1H3. The van der Waals surface area contributed by atoms with Gasteiger partial charge in [-0.2, -0.15) is 0 Å². The Morgan fingerprint density at radius 3 is 2.75 bits per heavy atom. The summed E-state index contributed by atoms with van der Waals surface area (Å²) in [6.07, 6.45) is 3.00. The summed E-state index contributed by atoms with van der Waals surface area (Å²) >= 11 is 5.95. The number of aromatic nitrogens is 1. The van der Waals surface area contributed by atoms with Gasteiger partial charge in [0.1, 0.15) is 0 Å². The van der Waals surface area contributed by atoms with Crippen LogP contribution >= 0.6 is 11.6 Å². The van der Waals surface area contributed by atoms with E-state index in [0.29, 0.717) is 21.8 Å². The maximum absolute atomic E-state index is 12.4. The van der Waals surface area contributed by atoms with Gasteiger partial charge in [0.2, 0.25) is 0 Å². The number of nitrogens with one attached hydrogen (secondary N) is 1. The van der Waals surface area contributed by atoms with Crippen molar-refractivity contribution in [1.82, 2.24) is 4.98 Å². The first-order valence-corrected chi connectivity index (χ1v) is 7.72. The van der Waals surface area contributed by atoms with Gasteiger partial charge in [-0.05, 0) is 42.3 Å². The SMILES string of the molecule is Cc1c(CN)cc(Cl)cc1S(=O)(=O)Nc1cccnc1. The quantitative estimate of drug-likeness (QED) is 0.907. The van der Waals surface area contributed by atoms with Gasteiger partial charge < -0.3 is 5.73 Å². The van der Waals surface area contributed by atoms with Crippen LogP contribution in [-0.2, 0) is 16.6 Å². The minimum absolute atomic E-state index is 0.120. The van der Waals surface area contributed by atoms with E-state index in [1.165, 1.54) is 12.3 Å². The van der Waals surface area contributed by atoms with E-state index in [-0.39, 0.29) is 11.4 Å². The Labute approximate surface area is 122 Å². The molecule has 0 fully saturated rings. The third kappa shape index (κ3) is 3.09. The smallest absolute Gasteiger partial charge is 0.262 e. The van der Waals surface area contributed by atoms with Crippen LogP contribution in [-0.4, -0.2) is 13.4 Å². The van der Waals surface area contributed by atoms with E-state index < -0.39 is 10.0 Å². The summed E-state index contributed by atoms with van der Waals surface area (Å²) in [6, 6.07) is 6.34. The van der Waals surface area contributed by atoms with Gasteiger partial charge in [0.15, 0.2) is 0 Å². The monoisotopic (exact) mass is 311 g/mol. The first-order chi connectivity index (χ1) is 9.44. The Balaban J connectivity index is 2.47. The number of nitrogens with zero attached hydrogens (tertiary/aromatic N) is 1. The number of hydrogen-bond donors (Lipinski definition) is 2. The van der Waals surface area contributed by atoms with Gasteiger partial charge in [-0.15, -0.1) is 0 Å². The fourth-order valence-corrected chi connectivity index (χ4v) is 3.50. The summed E-state index contributed by atoms with van der Waals surface area (Å²) in [4.78, 5) is 3.98. The number of anilines is 1. The Morgan fingerprint density at radius 1 is 1.40 bits per heavy atom. The molecule has 106 valence electrons. The van der Waals surface area contributed by atoms with Crippen molar-refractivity contribution < 1.29 is 8.42 Å². The predicted molar refractivity (Wildman–Crippen MR) is 79.1 cm³/mol. The molecule has 5 nitrogen and oxygen atoms in total. The van der Waals surface area contributed by atoms with Crippen LogP contribution in [0.4, 0.5) is 5.69 Å². The van der Waals surface area contributed by atoms with Crippen molar-refractivity contribution in [2.24, 2.45) is 5.73 Å². The molecule has 0 amide bonds. The third-order valence-electron chi connectivity index (χ3n) is 2.86. The second-order valence-corrected chi connectivity index (χ2v) is 6.33. The summed E-state index contributed by atoms with van der Waals surface area (Å²) in [5, 5.41) is 0.336. The number of rotatable bonds is 4. The van der Waals surface area contributed by atoms with Crippen molar-refractivity contribution in [3.8, 4) is 0 Å². The third-order valence-corrected chi connectivity index (χ3v) is 4.58. The largest absolute Gasteiger partial charge is 0.326 e. The molecule has 0 aliphatic carbocycles. The topological polar surface area (TPSA) is 85.1 Å². The molecule has 2 rings (SSSR count). The summed E-state index contributed by atoms with van der Waals surface area (Å²) < 4.78 is 27.3. The highest BCUT2D eigenvalue weighted by molar-refractivity contribution is 7.92. The highest BCUT2D eigenvalue weighted by Gasteiger charge is 2.19. The first kappa shape index (κ1) is 14.8. The van der Waals surface area contributed by atoms with E-state index in [1.54, 1.807) is 31.3 Å². The van der Waals surface area contributed by atoms with Crippen molar-refractivity contribution in [3.05, 3.63) is 52.8 Å². The van der Waals surface area contributed by atoms with Crippen molar-refractivity contribution in [2.45, 2.75) is 18.4 Å². The fourth-order valence-electron chi connectivity index (χ4n) is 1.83. The van der Waals surface area contributed by atoms with E-state index in [0.717, 1.165) is 0 Å². The molecule has 0 spiro atoms. The number of hydrogen-bond acceptors (Lipinski definition) is 4. The molecule has 0 atom stereocenters. The van der Waals surface area contributed by atoms with Crippen LogP contribution in [0.5, 0.6) is 0 Å². The number of halogens is 1. The number of pyridine rings is 1.